The first-order chi connectivity index (χ1) is 13.0. The van der Waals surface area contributed by atoms with E-state index in [1.54, 1.807) is 6.20 Å². The number of benzene rings is 1. The third-order valence-corrected chi connectivity index (χ3v) is 5.39. The SMILES string of the molecule is Cc1ccc(CN(C)C)cc1-c1csc2c(=O)[nH]c(-c3ccccn3)nc12. The van der Waals surface area contributed by atoms with Gasteiger partial charge in [-0.1, -0.05) is 18.2 Å². The molecule has 0 aliphatic carbocycles. The van der Waals surface area contributed by atoms with Crippen molar-refractivity contribution in [1.29, 1.82) is 0 Å². The molecule has 0 saturated heterocycles. The standard InChI is InChI=1S/C21H20N4OS/c1-13-7-8-14(11-25(2)3)10-15(13)16-12-27-19-18(16)23-20(24-21(19)26)17-6-4-5-9-22-17/h4-10,12H,11H2,1-3H3,(H,23,24,26). The number of aryl methyl sites for hydroxylation is 1. The molecule has 3 heterocycles. The fourth-order valence-electron chi connectivity index (χ4n) is 3.17. The molecule has 0 fully saturated rings. The maximum absolute atomic E-state index is 12.6. The second kappa shape index (κ2) is 7.06. The third kappa shape index (κ3) is 3.41. The van der Waals surface area contributed by atoms with Crippen molar-refractivity contribution in [2.45, 2.75) is 13.5 Å². The molecule has 6 heteroatoms. The second-order valence-electron chi connectivity index (χ2n) is 6.84. The van der Waals surface area contributed by atoms with E-state index in [1.807, 2.05) is 23.6 Å². The zero-order valence-corrected chi connectivity index (χ0v) is 16.3. The van der Waals surface area contributed by atoms with Crippen LogP contribution in [-0.2, 0) is 6.54 Å². The fraction of sp³-hybridized carbons (Fsp3) is 0.190. The minimum absolute atomic E-state index is 0.126. The predicted octanol–water partition coefficient (Wildman–Crippen LogP) is 4.08. The van der Waals surface area contributed by atoms with E-state index in [2.05, 4.69) is 54.1 Å². The first-order valence-electron chi connectivity index (χ1n) is 8.70. The highest BCUT2D eigenvalue weighted by Crippen LogP contribution is 2.34. The number of nitrogens with one attached hydrogen (secondary N) is 1. The van der Waals surface area contributed by atoms with Crippen LogP contribution in [0.1, 0.15) is 11.1 Å². The van der Waals surface area contributed by atoms with E-state index in [-0.39, 0.29) is 5.56 Å². The average molecular weight is 376 g/mol. The summed E-state index contributed by atoms with van der Waals surface area (Å²) >= 11 is 1.43. The molecule has 0 atom stereocenters. The molecule has 0 amide bonds. The first-order valence-corrected chi connectivity index (χ1v) is 9.58. The summed E-state index contributed by atoms with van der Waals surface area (Å²) in [5.41, 5.74) is 5.77. The van der Waals surface area contributed by atoms with Crippen LogP contribution >= 0.6 is 11.3 Å². The Labute approximate surface area is 161 Å². The van der Waals surface area contributed by atoms with Crippen molar-refractivity contribution in [3.8, 4) is 22.6 Å². The van der Waals surface area contributed by atoms with Crippen molar-refractivity contribution in [3.05, 3.63) is 69.5 Å². The summed E-state index contributed by atoms with van der Waals surface area (Å²) in [4.78, 5) is 26.7. The van der Waals surface area contributed by atoms with Gasteiger partial charge in [-0.15, -0.1) is 11.3 Å². The topological polar surface area (TPSA) is 61.9 Å². The van der Waals surface area contributed by atoms with E-state index in [4.69, 9.17) is 4.98 Å². The first kappa shape index (κ1) is 17.6. The van der Waals surface area contributed by atoms with Crippen molar-refractivity contribution in [3.63, 3.8) is 0 Å². The maximum atomic E-state index is 12.6. The van der Waals surface area contributed by atoms with Crippen LogP contribution in [0, 0.1) is 6.92 Å². The van der Waals surface area contributed by atoms with E-state index in [1.165, 1.54) is 22.5 Å². The summed E-state index contributed by atoms with van der Waals surface area (Å²) in [7, 11) is 4.11. The van der Waals surface area contributed by atoms with Gasteiger partial charge in [-0.25, -0.2) is 4.98 Å². The molecule has 1 aromatic carbocycles. The van der Waals surface area contributed by atoms with Gasteiger partial charge in [0.2, 0.25) is 0 Å². The van der Waals surface area contributed by atoms with Gasteiger partial charge in [-0.05, 0) is 55.9 Å². The van der Waals surface area contributed by atoms with Crippen LogP contribution in [0.25, 0.3) is 32.9 Å². The number of pyridine rings is 1. The second-order valence-corrected chi connectivity index (χ2v) is 7.72. The number of H-pyrrole nitrogens is 1. The number of aromatic amines is 1. The van der Waals surface area contributed by atoms with Crippen LogP contribution in [0.3, 0.4) is 0 Å². The zero-order chi connectivity index (χ0) is 19.0. The van der Waals surface area contributed by atoms with Gasteiger partial charge in [0.05, 0.1) is 5.52 Å². The summed E-state index contributed by atoms with van der Waals surface area (Å²) in [6.45, 7) is 2.95. The summed E-state index contributed by atoms with van der Waals surface area (Å²) in [5.74, 6) is 0.495. The number of rotatable bonds is 4. The van der Waals surface area contributed by atoms with Crippen LogP contribution in [0.5, 0.6) is 0 Å². The molecule has 3 aromatic heterocycles. The van der Waals surface area contributed by atoms with Gasteiger partial charge >= 0.3 is 0 Å². The van der Waals surface area contributed by atoms with Gasteiger partial charge < -0.3 is 9.88 Å². The molecule has 0 aliphatic heterocycles. The molecule has 27 heavy (non-hydrogen) atoms. The van der Waals surface area contributed by atoms with Gasteiger partial charge in [-0.2, -0.15) is 0 Å². The van der Waals surface area contributed by atoms with Gasteiger partial charge in [0.15, 0.2) is 5.82 Å². The van der Waals surface area contributed by atoms with E-state index < -0.39 is 0 Å². The molecular weight excluding hydrogens is 356 g/mol. The fourth-order valence-corrected chi connectivity index (χ4v) is 4.07. The van der Waals surface area contributed by atoms with E-state index in [0.717, 1.165) is 23.2 Å². The van der Waals surface area contributed by atoms with Gasteiger partial charge in [0, 0.05) is 23.7 Å². The molecule has 0 radical (unpaired) electrons. The molecule has 0 spiro atoms. The summed E-state index contributed by atoms with van der Waals surface area (Å²) in [6, 6.07) is 12.0. The smallest absolute Gasteiger partial charge is 0.269 e. The van der Waals surface area contributed by atoms with Gasteiger partial charge in [0.25, 0.3) is 5.56 Å². The maximum Gasteiger partial charge on any atom is 0.269 e. The Hall–Kier alpha value is -2.83. The molecular formula is C21H20N4OS. The van der Waals surface area contributed by atoms with Crippen molar-refractivity contribution in [2.24, 2.45) is 0 Å². The van der Waals surface area contributed by atoms with Crippen molar-refractivity contribution in [2.75, 3.05) is 14.1 Å². The number of fused-ring (bicyclic) bond motifs is 1. The third-order valence-electron chi connectivity index (χ3n) is 4.43. The molecule has 136 valence electrons. The minimum atomic E-state index is -0.126. The quantitative estimate of drug-likeness (QED) is 0.583. The van der Waals surface area contributed by atoms with Crippen molar-refractivity contribution in [1.82, 2.24) is 19.9 Å². The molecule has 4 rings (SSSR count). The molecule has 1 N–H and O–H groups in total. The Kier molecular flexibility index (Phi) is 4.59. The van der Waals surface area contributed by atoms with Gasteiger partial charge in [0.1, 0.15) is 10.4 Å². The molecule has 4 aromatic rings. The predicted molar refractivity (Wildman–Crippen MR) is 111 cm³/mol. The zero-order valence-electron chi connectivity index (χ0n) is 15.5. The van der Waals surface area contributed by atoms with E-state index in [0.29, 0.717) is 16.2 Å². The lowest BCUT2D eigenvalue weighted by Crippen LogP contribution is -2.10. The number of hydrogen-bond donors (Lipinski definition) is 1. The van der Waals surface area contributed by atoms with Crippen LogP contribution in [-0.4, -0.2) is 33.9 Å². The minimum Gasteiger partial charge on any atom is -0.305 e. The molecule has 0 bridgehead atoms. The largest absolute Gasteiger partial charge is 0.305 e. The Bertz CT molecular complexity index is 1160. The molecule has 0 saturated carbocycles. The monoisotopic (exact) mass is 376 g/mol. The van der Waals surface area contributed by atoms with Crippen LogP contribution < -0.4 is 5.56 Å². The number of hydrogen-bond acceptors (Lipinski definition) is 5. The highest BCUT2D eigenvalue weighted by molar-refractivity contribution is 7.17. The number of thiophene rings is 1. The van der Waals surface area contributed by atoms with Crippen LogP contribution in [0.2, 0.25) is 0 Å². The molecule has 5 nitrogen and oxygen atoms in total. The summed E-state index contributed by atoms with van der Waals surface area (Å²) in [5, 5.41) is 2.02. The lowest BCUT2D eigenvalue weighted by Gasteiger charge is -2.12. The van der Waals surface area contributed by atoms with Crippen molar-refractivity contribution < 1.29 is 0 Å². The van der Waals surface area contributed by atoms with E-state index >= 15 is 0 Å². The van der Waals surface area contributed by atoms with Crippen LogP contribution in [0.4, 0.5) is 0 Å². The lowest BCUT2D eigenvalue weighted by molar-refractivity contribution is 0.402. The Morgan fingerprint density at radius 3 is 2.74 bits per heavy atom. The highest BCUT2D eigenvalue weighted by atomic mass is 32.1. The highest BCUT2D eigenvalue weighted by Gasteiger charge is 2.15. The normalized spacial score (nSPS) is 11.4. The number of nitrogens with zero attached hydrogens (tertiary/aromatic N) is 3. The van der Waals surface area contributed by atoms with Crippen LogP contribution in [0.15, 0.2) is 52.8 Å². The van der Waals surface area contributed by atoms with E-state index in [9.17, 15) is 4.79 Å². The lowest BCUT2D eigenvalue weighted by atomic mass is 9.99. The Morgan fingerprint density at radius 2 is 2.00 bits per heavy atom. The molecule has 0 aliphatic rings. The van der Waals surface area contributed by atoms with Crippen molar-refractivity contribution >= 4 is 21.6 Å². The average Bonchev–Trinajstić information content (AvgIpc) is 3.08. The Balaban J connectivity index is 1.91. The Morgan fingerprint density at radius 1 is 1.15 bits per heavy atom. The number of aromatic nitrogens is 3. The summed E-state index contributed by atoms with van der Waals surface area (Å²) < 4.78 is 0.641. The van der Waals surface area contributed by atoms with Gasteiger partial charge in [-0.3, -0.25) is 9.78 Å². The summed E-state index contributed by atoms with van der Waals surface area (Å²) in [6.07, 6.45) is 1.70. The molecule has 0 unspecified atom stereocenters.